The van der Waals surface area contributed by atoms with Crippen molar-refractivity contribution in [1.82, 2.24) is 33.8 Å². The third kappa shape index (κ3) is 6.88. The highest BCUT2D eigenvalue weighted by atomic mass is 32.2. The predicted octanol–water partition coefficient (Wildman–Crippen LogP) is 1.26. The van der Waals surface area contributed by atoms with E-state index in [9.17, 15) is 21.6 Å². The van der Waals surface area contributed by atoms with Gasteiger partial charge < -0.3 is 16.0 Å². The molecule has 0 spiro atoms. The standard InChI is InChI=1S/C23H31N9O5S2/c1-15(2)28-19-11-21(26-13-18(19)23(33)25-9-10-38(34,35)31(3)4)29-20-7-8-24-22(30-20)16-12-27-32(14-16)39(36,37)17-5-6-17/h7-8,11-15,17H,5-6,9-10H2,1-4H3,(H,25,33)(H2,24,26,28,29,30). The molecule has 0 saturated heterocycles. The van der Waals surface area contributed by atoms with Gasteiger partial charge in [0.2, 0.25) is 10.0 Å². The van der Waals surface area contributed by atoms with Crippen molar-refractivity contribution >= 4 is 43.3 Å². The van der Waals surface area contributed by atoms with E-state index in [1.165, 1.54) is 38.9 Å². The highest BCUT2D eigenvalue weighted by Gasteiger charge is 2.37. The van der Waals surface area contributed by atoms with Crippen LogP contribution in [-0.4, -0.2) is 88.9 Å². The highest BCUT2D eigenvalue weighted by molar-refractivity contribution is 7.90. The molecule has 16 heteroatoms. The van der Waals surface area contributed by atoms with Crippen LogP contribution < -0.4 is 16.0 Å². The van der Waals surface area contributed by atoms with Gasteiger partial charge in [0.15, 0.2) is 5.82 Å². The van der Waals surface area contributed by atoms with Gasteiger partial charge in [-0.3, -0.25) is 4.79 Å². The zero-order valence-corrected chi connectivity index (χ0v) is 23.6. The van der Waals surface area contributed by atoms with Gasteiger partial charge in [0, 0.05) is 45.1 Å². The van der Waals surface area contributed by atoms with Crippen molar-refractivity contribution in [1.29, 1.82) is 0 Å². The molecule has 3 aromatic heterocycles. The Morgan fingerprint density at radius 1 is 1.13 bits per heavy atom. The number of pyridine rings is 1. The Balaban J connectivity index is 1.50. The summed E-state index contributed by atoms with van der Waals surface area (Å²) in [5.74, 6) is 0.372. The van der Waals surface area contributed by atoms with E-state index in [1.54, 1.807) is 12.1 Å². The molecule has 210 valence electrons. The largest absolute Gasteiger partial charge is 0.382 e. The summed E-state index contributed by atoms with van der Waals surface area (Å²) < 4.78 is 50.9. The average molecular weight is 578 g/mol. The van der Waals surface area contributed by atoms with E-state index < -0.39 is 31.2 Å². The molecule has 0 bridgehead atoms. The van der Waals surface area contributed by atoms with Crippen molar-refractivity contribution in [2.75, 3.05) is 37.0 Å². The van der Waals surface area contributed by atoms with E-state index in [0.29, 0.717) is 35.7 Å². The quantitative estimate of drug-likeness (QED) is 0.282. The fourth-order valence-corrected chi connectivity index (χ4v) is 5.68. The Morgan fingerprint density at radius 3 is 2.54 bits per heavy atom. The number of hydrogen-bond donors (Lipinski definition) is 3. The summed E-state index contributed by atoms with van der Waals surface area (Å²) in [4.78, 5) is 25.8. The third-order valence-electron chi connectivity index (χ3n) is 5.73. The normalized spacial score (nSPS) is 14.0. The van der Waals surface area contributed by atoms with Gasteiger partial charge in [0.1, 0.15) is 11.6 Å². The number of nitrogens with one attached hydrogen (secondary N) is 3. The molecule has 0 aromatic carbocycles. The molecule has 1 fully saturated rings. The van der Waals surface area contributed by atoms with Gasteiger partial charge >= 0.3 is 0 Å². The molecule has 1 saturated carbocycles. The molecule has 0 radical (unpaired) electrons. The number of anilines is 3. The number of sulfonamides is 1. The van der Waals surface area contributed by atoms with Crippen LogP contribution in [0.25, 0.3) is 11.4 Å². The van der Waals surface area contributed by atoms with Crippen LogP contribution in [-0.2, 0) is 20.0 Å². The first-order valence-electron chi connectivity index (χ1n) is 12.2. The molecule has 3 N–H and O–H groups in total. The average Bonchev–Trinajstić information content (AvgIpc) is 3.61. The topological polar surface area (TPSA) is 181 Å². The molecular formula is C23H31N9O5S2. The van der Waals surface area contributed by atoms with E-state index in [0.717, 1.165) is 8.39 Å². The lowest BCUT2D eigenvalue weighted by Gasteiger charge is -2.16. The van der Waals surface area contributed by atoms with Crippen LogP contribution in [0.3, 0.4) is 0 Å². The summed E-state index contributed by atoms with van der Waals surface area (Å²) in [5.41, 5.74) is 1.20. The monoisotopic (exact) mass is 577 g/mol. The van der Waals surface area contributed by atoms with Crippen LogP contribution in [0, 0.1) is 0 Å². The maximum Gasteiger partial charge on any atom is 0.256 e. The molecular weight excluding hydrogens is 546 g/mol. The fourth-order valence-electron chi connectivity index (χ4n) is 3.48. The second-order valence-electron chi connectivity index (χ2n) is 9.50. The van der Waals surface area contributed by atoms with E-state index in [4.69, 9.17) is 0 Å². The molecule has 39 heavy (non-hydrogen) atoms. The Morgan fingerprint density at radius 2 is 1.87 bits per heavy atom. The van der Waals surface area contributed by atoms with Crippen molar-refractivity contribution in [3.8, 4) is 11.4 Å². The SMILES string of the molecule is CC(C)Nc1cc(Nc2ccnc(-c3cnn(S(=O)(=O)C4CC4)c3)n2)ncc1C(=O)NCCS(=O)(=O)N(C)C. The molecule has 3 heterocycles. The zero-order valence-electron chi connectivity index (χ0n) is 22.0. The maximum absolute atomic E-state index is 12.8. The van der Waals surface area contributed by atoms with Crippen molar-refractivity contribution in [3.05, 3.63) is 42.5 Å². The van der Waals surface area contributed by atoms with E-state index in [-0.39, 0.29) is 29.7 Å². The van der Waals surface area contributed by atoms with Gasteiger partial charge in [-0.05, 0) is 32.8 Å². The van der Waals surface area contributed by atoms with Gasteiger partial charge in [-0.1, -0.05) is 0 Å². The minimum Gasteiger partial charge on any atom is -0.382 e. The highest BCUT2D eigenvalue weighted by Crippen LogP contribution is 2.30. The minimum absolute atomic E-state index is 0.00461. The van der Waals surface area contributed by atoms with Crippen molar-refractivity contribution in [3.63, 3.8) is 0 Å². The first-order chi connectivity index (χ1) is 18.4. The van der Waals surface area contributed by atoms with Crippen LogP contribution in [0.4, 0.5) is 17.3 Å². The fraction of sp³-hybridized carbons (Fsp3) is 0.435. The zero-order chi connectivity index (χ0) is 28.4. The van der Waals surface area contributed by atoms with E-state index >= 15 is 0 Å². The second-order valence-corrected chi connectivity index (χ2v) is 13.9. The Hall–Kier alpha value is -3.63. The third-order valence-corrected chi connectivity index (χ3v) is 9.60. The number of carbonyl (C=O) groups excluding carboxylic acids is 1. The number of amides is 1. The van der Waals surface area contributed by atoms with Gasteiger partial charge in [0.25, 0.3) is 15.9 Å². The van der Waals surface area contributed by atoms with Gasteiger partial charge in [-0.15, -0.1) is 0 Å². The van der Waals surface area contributed by atoms with Gasteiger partial charge in [-0.25, -0.2) is 36.1 Å². The number of nitrogens with zero attached hydrogens (tertiary/aromatic N) is 6. The van der Waals surface area contributed by atoms with Crippen LogP contribution in [0.5, 0.6) is 0 Å². The van der Waals surface area contributed by atoms with Crippen LogP contribution in [0.2, 0.25) is 0 Å². The smallest absolute Gasteiger partial charge is 0.256 e. The summed E-state index contributed by atoms with van der Waals surface area (Å²) in [5, 5.41) is 12.5. The van der Waals surface area contributed by atoms with Crippen molar-refractivity contribution < 1.29 is 21.6 Å². The van der Waals surface area contributed by atoms with Gasteiger partial charge in [-0.2, -0.15) is 9.19 Å². The molecule has 14 nitrogen and oxygen atoms in total. The number of hydrogen-bond acceptors (Lipinski definition) is 11. The second kappa shape index (κ2) is 11.2. The number of carbonyl (C=O) groups is 1. The van der Waals surface area contributed by atoms with Crippen molar-refractivity contribution in [2.45, 2.75) is 38.0 Å². The lowest BCUT2D eigenvalue weighted by atomic mass is 10.2. The number of rotatable bonds is 12. The minimum atomic E-state index is -3.50. The summed E-state index contributed by atoms with van der Waals surface area (Å²) in [6.07, 6.45) is 6.97. The maximum atomic E-state index is 12.8. The van der Waals surface area contributed by atoms with E-state index in [2.05, 4.69) is 36.0 Å². The first-order valence-corrected chi connectivity index (χ1v) is 15.3. The van der Waals surface area contributed by atoms with Crippen LogP contribution in [0.1, 0.15) is 37.0 Å². The lowest BCUT2D eigenvalue weighted by Crippen LogP contribution is -2.34. The van der Waals surface area contributed by atoms with Crippen molar-refractivity contribution in [2.24, 2.45) is 0 Å². The van der Waals surface area contributed by atoms with Crippen LogP contribution in [0.15, 0.2) is 36.9 Å². The van der Waals surface area contributed by atoms with Gasteiger partial charge in [0.05, 0.1) is 40.2 Å². The summed E-state index contributed by atoms with van der Waals surface area (Å²) >= 11 is 0. The lowest BCUT2D eigenvalue weighted by molar-refractivity contribution is 0.0956. The summed E-state index contributed by atoms with van der Waals surface area (Å²) in [7, 11) is -4.08. The molecule has 4 rings (SSSR count). The predicted molar refractivity (Wildman–Crippen MR) is 147 cm³/mol. The molecule has 0 atom stereocenters. The molecule has 1 amide bonds. The van der Waals surface area contributed by atoms with Crippen LogP contribution >= 0.6 is 0 Å². The molecule has 3 aromatic rings. The summed E-state index contributed by atoms with van der Waals surface area (Å²) in [6.45, 7) is 3.78. The molecule has 0 aliphatic heterocycles. The summed E-state index contributed by atoms with van der Waals surface area (Å²) in [6, 6.07) is 3.26. The molecule has 1 aliphatic carbocycles. The Bertz CT molecular complexity index is 1570. The van der Waals surface area contributed by atoms with E-state index in [1.807, 2.05) is 13.8 Å². The Labute approximate surface area is 227 Å². The molecule has 1 aliphatic rings. The Kier molecular flexibility index (Phi) is 8.17. The molecule has 0 unspecified atom stereocenters. The first kappa shape index (κ1) is 28.4. The number of aromatic nitrogens is 5.